The number of aryl methyl sites for hydroxylation is 1. The molecule has 34 heavy (non-hydrogen) atoms. The predicted octanol–water partition coefficient (Wildman–Crippen LogP) is 3.19. The fourth-order valence-corrected chi connectivity index (χ4v) is 5.93. The highest BCUT2D eigenvalue weighted by Crippen LogP contribution is 2.27. The molecule has 3 aliphatic rings. The first kappa shape index (κ1) is 23.5. The van der Waals surface area contributed by atoms with Gasteiger partial charge in [-0.2, -0.15) is 0 Å². The van der Waals surface area contributed by atoms with Crippen molar-refractivity contribution in [2.45, 2.75) is 56.8 Å². The summed E-state index contributed by atoms with van der Waals surface area (Å²) in [7, 11) is 0. The van der Waals surface area contributed by atoms with Gasteiger partial charge in [0.15, 0.2) is 0 Å². The van der Waals surface area contributed by atoms with Crippen molar-refractivity contribution in [3.05, 3.63) is 52.8 Å². The second-order valence-electron chi connectivity index (χ2n) is 9.25. The summed E-state index contributed by atoms with van der Waals surface area (Å²) < 4.78 is 12.7. The number of amides is 1. The van der Waals surface area contributed by atoms with Crippen LogP contribution in [0.5, 0.6) is 0 Å². The second kappa shape index (κ2) is 11.0. The molecule has 1 aromatic carbocycles. The summed E-state index contributed by atoms with van der Waals surface area (Å²) in [6.07, 6.45) is 8.02. The summed E-state index contributed by atoms with van der Waals surface area (Å²) in [5.74, 6) is 0.758. The SMILES string of the molecule is O=C(CCCc1nc2ccccc2s1)N[C@H](CN1CCCC1)[C@H](O)C1=CCC2OCCOC2=C1. The van der Waals surface area contributed by atoms with Crippen molar-refractivity contribution in [3.63, 3.8) is 0 Å². The highest BCUT2D eigenvalue weighted by Gasteiger charge is 2.31. The summed E-state index contributed by atoms with van der Waals surface area (Å²) in [6, 6.07) is 7.76. The zero-order valence-electron chi connectivity index (χ0n) is 19.4. The van der Waals surface area contributed by atoms with E-state index in [0.717, 1.165) is 47.8 Å². The number of para-hydroxylation sites is 1. The maximum absolute atomic E-state index is 12.9. The van der Waals surface area contributed by atoms with Crippen LogP contribution in [0.1, 0.15) is 37.1 Å². The topological polar surface area (TPSA) is 83.9 Å². The summed E-state index contributed by atoms with van der Waals surface area (Å²) in [5.41, 5.74) is 1.82. The lowest BCUT2D eigenvalue weighted by molar-refractivity contribution is -0.122. The molecule has 0 bridgehead atoms. The van der Waals surface area contributed by atoms with E-state index in [2.05, 4.69) is 21.3 Å². The zero-order chi connectivity index (χ0) is 23.3. The second-order valence-corrected chi connectivity index (χ2v) is 10.4. The molecule has 0 radical (unpaired) electrons. The third-order valence-electron chi connectivity index (χ3n) is 6.72. The van der Waals surface area contributed by atoms with E-state index in [-0.39, 0.29) is 18.1 Å². The first-order valence-electron chi connectivity index (χ1n) is 12.4. The molecule has 2 aliphatic heterocycles. The number of aliphatic hydroxyl groups excluding tert-OH is 1. The molecule has 2 fully saturated rings. The number of rotatable bonds is 9. The van der Waals surface area contributed by atoms with Gasteiger partial charge in [0.25, 0.3) is 0 Å². The van der Waals surface area contributed by atoms with Crippen LogP contribution in [0.2, 0.25) is 0 Å². The molecule has 7 nitrogen and oxygen atoms in total. The van der Waals surface area contributed by atoms with Crippen LogP contribution in [-0.2, 0) is 20.7 Å². The van der Waals surface area contributed by atoms with Gasteiger partial charge < -0.3 is 24.8 Å². The van der Waals surface area contributed by atoms with Crippen molar-refractivity contribution in [1.29, 1.82) is 0 Å². The van der Waals surface area contributed by atoms with Crippen molar-refractivity contribution in [1.82, 2.24) is 15.2 Å². The lowest BCUT2D eigenvalue weighted by atomic mass is 9.94. The number of hydrogen-bond acceptors (Lipinski definition) is 7. The molecular formula is C26H33N3O4S. The Hall–Kier alpha value is -2.26. The molecule has 2 aromatic rings. The Bertz CT molecular complexity index is 1030. The number of benzene rings is 1. The number of likely N-dealkylation sites (tertiary alicyclic amines) is 1. The van der Waals surface area contributed by atoms with Crippen LogP contribution >= 0.6 is 11.3 Å². The summed E-state index contributed by atoms with van der Waals surface area (Å²) in [4.78, 5) is 19.9. The van der Waals surface area contributed by atoms with E-state index in [0.29, 0.717) is 32.6 Å². The molecule has 2 saturated heterocycles. The molecule has 2 N–H and O–H groups in total. The molecule has 3 atom stereocenters. The average Bonchev–Trinajstić information content (AvgIpc) is 3.52. The van der Waals surface area contributed by atoms with Gasteiger partial charge in [-0.05, 0) is 69.0 Å². The molecule has 0 spiro atoms. The normalized spacial score (nSPS) is 22.4. The smallest absolute Gasteiger partial charge is 0.220 e. The predicted molar refractivity (Wildman–Crippen MR) is 133 cm³/mol. The van der Waals surface area contributed by atoms with Gasteiger partial charge in [-0.1, -0.05) is 18.2 Å². The Balaban J connectivity index is 1.19. The van der Waals surface area contributed by atoms with Gasteiger partial charge in [0.1, 0.15) is 24.6 Å². The van der Waals surface area contributed by atoms with Crippen LogP contribution < -0.4 is 5.32 Å². The Labute approximate surface area is 204 Å². The molecule has 1 unspecified atom stereocenters. The summed E-state index contributed by atoms with van der Waals surface area (Å²) in [5, 5.41) is 15.5. The molecular weight excluding hydrogens is 450 g/mol. The molecule has 5 rings (SSSR count). The highest BCUT2D eigenvalue weighted by molar-refractivity contribution is 7.18. The van der Waals surface area contributed by atoms with Gasteiger partial charge in [-0.15, -0.1) is 11.3 Å². The maximum Gasteiger partial charge on any atom is 0.220 e. The first-order valence-corrected chi connectivity index (χ1v) is 13.2. The fraction of sp³-hybridized carbons (Fsp3) is 0.538. The van der Waals surface area contributed by atoms with Crippen molar-refractivity contribution in [3.8, 4) is 0 Å². The molecule has 1 amide bonds. The Morgan fingerprint density at radius 1 is 1.26 bits per heavy atom. The van der Waals surface area contributed by atoms with Gasteiger partial charge in [-0.25, -0.2) is 4.98 Å². The van der Waals surface area contributed by atoms with Crippen molar-refractivity contribution in [2.24, 2.45) is 0 Å². The third-order valence-corrected chi connectivity index (χ3v) is 7.82. The zero-order valence-corrected chi connectivity index (χ0v) is 20.3. The minimum absolute atomic E-state index is 0.0245. The van der Waals surface area contributed by atoms with Crippen molar-refractivity contribution < 1.29 is 19.4 Å². The minimum atomic E-state index is -0.784. The van der Waals surface area contributed by atoms with Gasteiger partial charge >= 0.3 is 0 Å². The van der Waals surface area contributed by atoms with E-state index in [1.54, 1.807) is 11.3 Å². The van der Waals surface area contributed by atoms with E-state index in [4.69, 9.17) is 9.47 Å². The number of nitrogens with zero attached hydrogens (tertiary/aromatic N) is 2. The quantitative estimate of drug-likeness (QED) is 0.570. The van der Waals surface area contributed by atoms with E-state index in [1.165, 1.54) is 17.5 Å². The Morgan fingerprint density at radius 3 is 2.97 bits per heavy atom. The average molecular weight is 484 g/mol. The first-order chi connectivity index (χ1) is 16.7. The highest BCUT2D eigenvalue weighted by atomic mass is 32.1. The molecule has 182 valence electrons. The number of carbonyl (C=O) groups excluding carboxylic acids is 1. The number of fused-ring (bicyclic) bond motifs is 2. The van der Waals surface area contributed by atoms with Crippen molar-refractivity contribution in [2.75, 3.05) is 32.8 Å². The number of carbonyl (C=O) groups is 1. The largest absolute Gasteiger partial charge is 0.493 e. The van der Waals surface area contributed by atoms with Crippen LogP contribution in [0.4, 0.5) is 0 Å². The van der Waals surface area contributed by atoms with E-state index in [9.17, 15) is 9.90 Å². The van der Waals surface area contributed by atoms with Gasteiger partial charge in [0, 0.05) is 13.0 Å². The number of ether oxygens (including phenoxy) is 2. The molecule has 1 aliphatic carbocycles. The van der Waals surface area contributed by atoms with Crippen molar-refractivity contribution >= 4 is 27.5 Å². The van der Waals surface area contributed by atoms with Crippen LogP contribution in [0.25, 0.3) is 10.2 Å². The monoisotopic (exact) mass is 483 g/mol. The van der Waals surface area contributed by atoms with Gasteiger partial charge in [-0.3, -0.25) is 4.79 Å². The van der Waals surface area contributed by atoms with Crippen LogP contribution in [0.3, 0.4) is 0 Å². The standard InChI is InChI=1S/C26H33N3O4S/c30-24(8-5-9-25-28-19-6-1-2-7-23(19)34-25)27-20(17-29-12-3-4-13-29)26(31)18-10-11-21-22(16-18)33-15-14-32-21/h1-2,6-7,10,16,20-21,26,31H,3-5,8-9,11-15,17H2,(H,27,30)/t20-,21?,26-/m1/s1. The summed E-state index contributed by atoms with van der Waals surface area (Å²) >= 11 is 1.69. The number of aromatic nitrogens is 1. The Morgan fingerprint density at radius 2 is 2.12 bits per heavy atom. The van der Waals surface area contributed by atoms with E-state index < -0.39 is 6.10 Å². The molecule has 0 saturated carbocycles. The van der Waals surface area contributed by atoms with Crippen LogP contribution in [-0.4, -0.2) is 72.0 Å². The van der Waals surface area contributed by atoms with Gasteiger partial charge in [0.05, 0.1) is 27.9 Å². The van der Waals surface area contributed by atoms with Crippen LogP contribution in [0, 0.1) is 0 Å². The van der Waals surface area contributed by atoms with E-state index >= 15 is 0 Å². The lowest BCUT2D eigenvalue weighted by Crippen LogP contribution is -2.50. The number of nitrogens with one attached hydrogen (secondary N) is 1. The lowest BCUT2D eigenvalue weighted by Gasteiger charge is -2.33. The Kier molecular flexibility index (Phi) is 7.59. The molecule has 3 heterocycles. The number of hydrogen-bond donors (Lipinski definition) is 2. The summed E-state index contributed by atoms with van der Waals surface area (Å²) in [6.45, 7) is 3.80. The van der Waals surface area contributed by atoms with Crippen LogP contribution in [0.15, 0.2) is 47.7 Å². The number of thiazole rings is 1. The third kappa shape index (κ3) is 5.68. The minimum Gasteiger partial charge on any atom is -0.493 e. The van der Waals surface area contributed by atoms with Gasteiger partial charge in [0.2, 0.25) is 5.91 Å². The maximum atomic E-state index is 12.9. The number of aliphatic hydroxyl groups is 1. The molecule has 8 heteroatoms. The molecule has 1 aromatic heterocycles. The fourth-order valence-electron chi connectivity index (χ4n) is 4.92. The van der Waals surface area contributed by atoms with E-state index in [1.807, 2.05) is 30.4 Å².